The van der Waals surface area contributed by atoms with Crippen molar-refractivity contribution in [3.8, 4) is 0 Å². The predicted molar refractivity (Wildman–Crippen MR) is 147 cm³/mol. The molecule has 12 heteroatoms. The SMILES string of the molecule is NCCCCC(N)C(=O)NC(Cc1ccccc1)C(=O)NC(CC(=O)O)C(=O)NC(Cc1ccccc1)C(=O)O. The maximum Gasteiger partial charge on any atom is 0.326 e. The Morgan fingerprint density at radius 2 is 1.15 bits per heavy atom. The van der Waals surface area contributed by atoms with Crippen LogP contribution in [0.15, 0.2) is 60.7 Å². The van der Waals surface area contributed by atoms with Crippen LogP contribution in [0, 0.1) is 0 Å². The molecule has 9 N–H and O–H groups in total. The van der Waals surface area contributed by atoms with Gasteiger partial charge in [-0.3, -0.25) is 19.2 Å². The number of carbonyl (C=O) groups excluding carboxylic acids is 3. The van der Waals surface area contributed by atoms with E-state index < -0.39 is 60.2 Å². The van der Waals surface area contributed by atoms with Crippen LogP contribution in [0.3, 0.4) is 0 Å². The largest absolute Gasteiger partial charge is 0.481 e. The first-order chi connectivity index (χ1) is 19.1. The van der Waals surface area contributed by atoms with Gasteiger partial charge < -0.3 is 37.6 Å². The van der Waals surface area contributed by atoms with Crippen LogP contribution < -0.4 is 27.4 Å². The number of carboxylic acids is 2. The number of aliphatic carboxylic acids is 2. The van der Waals surface area contributed by atoms with Gasteiger partial charge in [-0.2, -0.15) is 0 Å². The zero-order valence-electron chi connectivity index (χ0n) is 22.1. The summed E-state index contributed by atoms with van der Waals surface area (Å²) in [6, 6.07) is 12.3. The summed E-state index contributed by atoms with van der Waals surface area (Å²) in [7, 11) is 0. The zero-order chi connectivity index (χ0) is 29.5. The Bertz CT molecular complexity index is 1130. The number of carboxylic acid groups (broad SMARTS) is 2. The summed E-state index contributed by atoms with van der Waals surface area (Å²) in [4.78, 5) is 62.4. The number of unbranched alkanes of at least 4 members (excludes halogenated alkanes) is 1. The van der Waals surface area contributed by atoms with Gasteiger partial charge in [0.25, 0.3) is 0 Å². The Morgan fingerprint density at radius 1 is 0.675 bits per heavy atom. The van der Waals surface area contributed by atoms with E-state index in [4.69, 9.17) is 11.5 Å². The van der Waals surface area contributed by atoms with Crippen LogP contribution in [0.2, 0.25) is 0 Å². The molecule has 0 aromatic heterocycles. The maximum absolute atomic E-state index is 13.3. The lowest BCUT2D eigenvalue weighted by Crippen LogP contribution is -2.58. The number of carbonyl (C=O) groups is 5. The highest BCUT2D eigenvalue weighted by Crippen LogP contribution is 2.08. The lowest BCUT2D eigenvalue weighted by Gasteiger charge is -2.25. The number of hydrogen-bond donors (Lipinski definition) is 7. The Hall–Kier alpha value is -4.29. The smallest absolute Gasteiger partial charge is 0.326 e. The summed E-state index contributed by atoms with van der Waals surface area (Å²) in [6.45, 7) is 0.453. The fourth-order valence-corrected chi connectivity index (χ4v) is 3.96. The average Bonchev–Trinajstić information content (AvgIpc) is 2.92. The highest BCUT2D eigenvalue weighted by atomic mass is 16.4. The van der Waals surface area contributed by atoms with Gasteiger partial charge in [-0.05, 0) is 30.5 Å². The molecule has 4 atom stereocenters. The first-order valence-corrected chi connectivity index (χ1v) is 13.0. The molecule has 2 rings (SSSR count). The molecule has 2 aromatic carbocycles. The minimum atomic E-state index is -1.60. The van der Waals surface area contributed by atoms with Gasteiger partial charge in [0, 0.05) is 12.8 Å². The minimum Gasteiger partial charge on any atom is -0.481 e. The molecule has 0 spiro atoms. The van der Waals surface area contributed by atoms with E-state index in [1.165, 1.54) is 0 Å². The molecule has 0 heterocycles. The molecule has 4 unspecified atom stereocenters. The van der Waals surface area contributed by atoms with Crippen molar-refractivity contribution in [2.45, 2.75) is 62.7 Å². The van der Waals surface area contributed by atoms with Crippen LogP contribution in [-0.4, -0.2) is 70.6 Å². The van der Waals surface area contributed by atoms with Gasteiger partial charge in [0.15, 0.2) is 0 Å². The van der Waals surface area contributed by atoms with E-state index in [2.05, 4.69) is 16.0 Å². The van der Waals surface area contributed by atoms with Crippen molar-refractivity contribution in [1.82, 2.24) is 16.0 Å². The van der Waals surface area contributed by atoms with Gasteiger partial charge >= 0.3 is 11.9 Å². The molecule has 12 nitrogen and oxygen atoms in total. The lowest BCUT2D eigenvalue weighted by atomic mass is 10.0. The van der Waals surface area contributed by atoms with Crippen LogP contribution in [-0.2, 0) is 36.8 Å². The number of benzene rings is 2. The maximum atomic E-state index is 13.3. The molecule has 0 saturated carbocycles. The molecule has 0 saturated heterocycles. The highest BCUT2D eigenvalue weighted by molar-refractivity contribution is 5.95. The van der Waals surface area contributed by atoms with Crippen LogP contribution in [0.5, 0.6) is 0 Å². The first-order valence-electron chi connectivity index (χ1n) is 13.0. The van der Waals surface area contributed by atoms with Crippen molar-refractivity contribution < 1.29 is 34.2 Å². The lowest BCUT2D eigenvalue weighted by molar-refractivity contribution is -0.143. The Kier molecular flexibility index (Phi) is 13.3. The van der Waals surface area contributed by atoms with Crippen LogP contribution in [0.1, 0.15) is 36.8 Å². The van der Waals surface area contributed by atoms with E-state index in [0.29, 0.717) is 36.9 Å². The summed E-state index contributed by atoms with van der Waals surface area (Å²) in [5, 5.41) is 26.3. The van der Waals surface area contributed by atoms with Gasteiger partial charge in [-0.25, -0.2) is 4.79 Å². The predicted octanol–water partition coefficient (Wildman–Crippen LogP) is -0.0582. The molecule has 0 aliphatic heterocycles. The molecule has 3 amide bonds. The standard InChI is InChI=1S/C28H37N5O7/c29-14-8-7-13-20(30)25(36)31-21(15-18-9-3-1-4-10-18)26(37)32-22(17-24(34)35)27(38)33-23(28(39)40)16-19-11-5-2-6-12-19/h1-6,9-12,20-23H,7-8,13-17,29-30H2,(H,31,36)(H,32,37)(H,33,38)(H,34,35)(H,39,40). The molecule has 0 aliphatic carbocycles. The fraction of sp³-hybridized carbons (Fsp3) is 0.393. The van der Waals surface area contributed by atoms with E-state index >= 15 is 0 Å². The first kappa shape index (κ1) is 31.9. The third-order valence-corrected chi connectivity index (χ3v) is 6.13. The second kappa shape index (κ2) is 16.6. The van der Waals surface area contributed by atoms with Crippen molar-refractivity contribution in [2.75, 3.05) is 6.54 Å². The summed E-state index contributed by atoms with van der Waals surface area (Å²) in [5.74, 6) is -5.09. The summed E-state index contributed by atoms with van der Waals surface area (Å²) < 4.78 is 0. The molecule has 40 heavy (non-hydrogen) atoms. The van der Waals surface area contributed by atoms with E-state index in [-0.39, 0.29) is 12.8 Å². The van der Waals surface area contributed by atoms with Crippen molar-refractivity contribution in [3.63, 3.8) is 0 Å². The van der Waals surface area contributed by atoms with Crippen molar-refractivity contribution in [3.05, 3.63) is 71.8 Å². The van der Waals surface area contributed by atoms with E-state index in [1.807, 2.05) is 0 Å². The van der Waals surface area contributed by atoms with Gasteiger partial charge in [-0.15, -0.1) is 0 Å². The zero-order valence-corrected chi connectivity index (χ0v) is 22.1. The van der Waals surface area contributed by atoms with Crippen LogP contribution >= 0.6 is 0 Å². The molecule has 0 radical (unpaired) electrons. The van der Waals surface area contributed by atoms with Crippen molar-refractivity contribution in [2.24, 2.45) is 11.5 Å². The topological polar surface area (TPSA) is 214 Å². The minimum absolute atomic E-state index is 0.0428. The molecule has 2 aromatic rings. The van der Waals surface area contributed by atoms with Gasteiger partial charge in [-0.1, -0.05) is 67.1 Å². The third kappa shape index (κ3) is 11.2. The third-order valence-electron chi connectivity index (χ3n) is 6.13. The van der Waals surface area contributed by atoms with E-state index in [1.54, 1.807) is 60.7 Å². The van der Waals surface area contributed by atoms with Gasteiger partial charge in [0.2, 0.25) is 17.7 Å². The molecule has 216 valence electrons. The van der Waals surface area contributed by atoms with Gasteiger partial charge in [0.1, 0.15) is 18.1 Å². The second-order valence-electron chi connectivity index (χ2n) is 9.39. The average molecular weight is 556 g/mol. The summed E-state index contributed by atoms with van der Waals surface area (Å²) in [5.41, 5.74) is 12.8. The van der Waals surface area contributed by atoms with Crippen molar-refractivity contribution in [1.29, 1.82) is 0 Å². The quantitative estimate of drug-likeness (QED) is 0.130. The van der Waals surface area contributed by atoms with E-state index in [0.717, 1.165) is 0 Å². The number of amides is 3. The van der Waals surface area contributed by atoms with Crippen LogP contribution in [0.4, 0.5) is 0 Å². The highest BCUT2D eigenvalue weighted by Gasteiger charge is 2.31. The second-order valence-corrected chi connectivity index (χ2v) is 9.39. The Morgan fingerprint density at radius 3 is 1.65 bits per heavy atom. The number of hydrogen-bond acceptors (Lipinski definition) is 7. The molecule has 0 bridgehead atoms. The molecular formula is C28H37N5O7. The number of nitrogens with one attached hydrogen (secondary N) is 3. The van der Waals surface area contributed by atoms with Crippen molar-refractivity contribution >= 4 is 29.7 Å². The normalized spacial score (nSPS) is 13.8. The monoisotopic (exact) mass is 555 g/mol. The number of rotatable bonds is 17. The number of nitrogens with two attached hydrogens (primary N) is 2. The Balaban J connectivity index is 2.19. The van der Waals surface area contributed by atoms with Crippen LogP contribution in [0.25, 0.3) is 0 Å². The van der Waals surface area contributed by atoms with Gasteiger partial charge in [0.05, 0.1) is 12.5 Å². The summed E-state index contributed by atoms with van der Waals surface area (Å²) >= 11 is 0. The summed E-state index contributed by atoms with van der Waals surface area (Å²) in [6.07, 6.45) is 0.841. The molecular weight excluding hydrogens is 518 g/mol. The molecule has 0 aliphatic rings. The fourth-order valence-electron chi connectivity index (χ4n) is 3.96. The Labute approximate surface area is 232 Å². The molecule has 0 fully saturated rings. The van der Waals surface area contributed by atoms with E-state index in [9.17, 15) is 34.2 Å².